The van der Waals surface area contributed by atoms with Gasteiger partial charge < -0.3 is 26.4 Å². The van der Waals surface area contributed by atoms with Gasteiger partial charge in [-0.05, 0) is 68.2 Å². The van der Waals surface area contributed by atoms with Gasteiger partial charge in [0.1, 0.15) is 17.3 Å². The highest BCUT2D eigenvalue weighted by Gasteiger charge is 2.30. The Morgan fingerprint density at radius 3 is 2.73 bits per heavy atom. The van der Waals surface area contributed by atoms with Crippen molar-refractivity contribution in [3.05, 3.63) is 71.3 Å². The lowest BCUT2D eigenvalue weighted by atomic mass is 9.81. The Kier molecular flexibility index (Phi) is 7.14. The standard InChI is InChI=1S/C28H32N6O2S/c1-17-6-11-21(15-32-17)33-28(36)19-9-7-18(8-10-19)16-34-13-12-31-27(29)25(34)24(30-2)23-14-20-4-3-5-22(35)26(20)37-23/h3-6,11-15,18-19,30,35H,7-10,16H2,1-2H3,(H2,29,31)(H,33,36)/b25-24-. The van der Waals surface area contributed by atoms with Crippen LogP contribution in [0.1, 0.15) is 36.3 Å². The maximum absolute atomic E-state index is 12.8. The van der Waals surface area contributed by atoms with E-state index in [4.69, 9.17) is 5.73 Å². The number of rotatable bonds is 6. The predicted molar refractivity (Wildman–Crippen MR) is 150 cm³/mol. The number of aliphatic imine (C=N–C) groups is 1. The van der Waals surface area contributed by atoms with Crippen molar-refractivity contribution in [1.29, 1.82) is 0 Å². The number of anilines is 1. The molecular weight excluding hydrogens is 484 g/mol. The number of hydrogen-bond donors (Lipinski definition) is 4. The number of carbonyl (C=O) groups excluding carboxylic acids is 1. The van der Waals surface area contributed by atoms with Gasteiger partial charge in [0, 0.05) is 37.6 Å². The minimum absolute atomic E-state index is 0.00944. The summed E-state index contributed by atoms with van der Waals surface area (Å²) in [7, 11) is 1.88. The van der Waals surface area contributed by atoms with Crippen molar-refractivity contribution in [2.24, 2.45) is 22.6 Å². The van der Waals surface area contributed by atoms with Crippen molar-refractivity contribution in [1.82, 2.24) is 15.2 Å². The number of aryl methyl sites for hydroxylation is 1. The zero-order valence-electron chi connectivity index (χ0n) is 21.1. The van der Waals surface area contributed by atoms with Crippen LogP contribution in [-0.4, -0.2) is 40.3 Å². The third kappa shape index (κ3) is 5.32. The van der Waals surface area contributed by atoms with E-state index < -0.39 is 0 Å². The molecule has 0 radical (unpaired) electrons. The smallest absolute Gasteiger partial charge is 0.227 e. The number of aromatic hydroxyl groups is 1. The molecule has 37 heavy (non-hydrogen) atoms. The monoisotopic (exact) mass is 516 g/mol. The molecule has 8 nitrogen and oxygen atoms in total. The number of phenols is 1. The summed E-state index contributed by atoms with van der Waals surface area (Å²) in [5.74, 6) is 1.24. The average Bonchev–Trinajstić information content (AvgIpc) is 3.33. The van der Waals surface area contributed by atoms with Crippen LogP contribution in [-0.2, 0) is 4.79 Å². The molecule has 1 fully saturated rings. The van der Waals surface area contributed by atoms with Crippen LogP contribution >= 0.6 is 11.3 Å². The molecule has 1 aromatic carbocycles. The van der Waals surface area contributed by atoms with Gasteiger partial charge in [-0.25, -0.2) is 4.99 Å². The fourth-order valence-electron chi connectivity index (χ4n) is 5.10. The second-order valence-electron chi connectivity index (χ2n) is 9.64. The molecule has 5 N–H and O–H groups in total. The van der Waals surface area contributed by atoms with E-state index in [0.717, 1.165) is 70.0 Å². The molecule has 192 valence electrons. The molecule has 5 rings (SSSR count). The molecule has 0 bridgehead atoms. The number of nitrogens with one attached hydrogen (secondary N) is 2. The van der Waals surface area contributed by atoms with E-state index in [9.17, 15) is 9.90 Å². The van der Waals surface area contributed by atoms with Crippen LogP contribution in [0.3, 0.4) is 0 Å². The molecule has 2 aliphatic rings. The fourth-order valence-corrected chi connectivity index (χ4v) is 6.23. The summed E-state index contributed by atoms with van der Waals surface area (Å²) in [4.78, 5) is 24.6. The maximum Gasteiger partial charge on any atom is 0.227 e. The summed E-state index contributed by atoms with van der Waals surface area (Å²) in [5.41, 5.74) is 9.80. The Bertz CT molecular complexity index is 1380. The molecule has 1 saturated carbocycles. The number of carbonyl (C=O) groups is 1. The summed E-state index contributed by atoms with van der Waals surface area (Å²) < 4.78 is 0.845. The first kappa shape index (κ1) is 24.8. The van der Waals surface area contributed by atoms with E-state index in [1.165, 1.54) is 11.3 Å². The third-order valence-electron chi connectivity index (χ3n) is 7.10. The number of aromatic nitrogens is 1. The normalized spacial score (nSPS) is 21.0. The van der Waals surface area contributed by atoms with Crippen LogP contribution < -0.4 is 16.4 Å². The van der Waals surface area contributed by atoms with Crippen molar-refractivity contribution >= 4 is 44.6 Å². The number of pyridine rings is 1. The number of phenolic OH excluding ortho intramolecular Hbond substituents is 1. The number of amides is 1. The fraction of sp³-hybridized carbons (Fsp3) is 0.321. The molecule has 3 aromatic rings. The van der Waals surface area contributed by atoms with E-state index in [1.54, 1.807) is 18.5 Å². The van der Waals surface area contributed by atoms with Gasteiger partial charge in [-0.15, -0.1) is 11.3 Å². The number of thiophene rings is 1. The number of benzene rings is 1. The van der Waals surface area contributed by atoms with E-state index in [-0.39, 0.29) is 17.6 Å². The van der Waals surface area contributed by atoms with Gasteiger partial charge >= 0.3 is 0 Å². The molecular formula is C28H32N6O2S. The summed E-state index contributed by atoms with van der Waals surface area (Å²) in [6.07, 6.45) is 9.04. The molecule has 2 aromatic heterocycles. The van der Waals surface area contributed by atoms with E-state index >= 15 is 0 Å². The zero-order valence-corrected chi connectivity index (χ0v) is 21.9. The van der Waals surface area contributed by atoms with E-state index in [2.05, 4.69) is 31.6 Å². The highest BCUT2D eigenvalue weighted by Crippen LogP contribution is 2.37. The van der Waals surface area contributed by atoms with Crippen molar-refractivity contribution in [2.45, 2.75) is 32.6 Å². The highest BCUT2D eigenvalue weighted by atomic mass is 32.1. The highest BCUT2D eigenvalue weighted by molar-refractivity contribution is 7.20. The number of amidine groups is 1. The van der Waals surface area contributed by atoms with Crippen LogP contribution in [0.2, 0.25) is 0 Å². The summed E-state index contributed by atoms with van der Waals surface area (Å²) in [5, 5.41) is 17.6. The molecule has 1 aliphatic heterocycles. The van der Waals surface area contributed by atoms with Crippen molar-refractivity contribution in [3.8, 4) is 5.75 Å². The molecule has 0 atom stereocenters. The summed E-state index contributed by atoms with van der Waals surface area (Å²) in [6.45, 7) is 2.72. The van der Waals surface area contributed by atoms with Crippen molar-refractivity contribution in [3.63, 3.8) is 0 Å². The maximum atomic E-state index is 12.8. The lowest BCUT2D eigenvalue weighted by molar-refractivity contribution is -0.121. The Labute approximate surface area is 220 Å². The van der Waals surface area contributed by atoms with Crippen LogP contribution in [0.5, 0.6) is 5.75 Å². The Balaban J connectivity index is 1.29. The minimum atomic E-state index is 0.00944. The molecule has 9 heteroatoms. The topological polar surface area (TPSA) is 116 Å². The van der Waals surface area contributed by atoms with Gasteiger partial charge in [0.25, 0.3) is 0 Å². The SMILES string of the molecule is CN/C(=C1/C(N)=NC=CN1CC1CCC(C(=O)Nc2ccc(C)nc2)CC1)c1cc2cccc(O)c2s1. The lowest BCUT2D eigenvalue weighted by Gasteiger charge is -2.34. The quantitative estimate of drug-likeness (QED) is 0.375. The van der Waals surface area contributed by atoms with Gasteiger partial charge in [-0.3, -0.25) is 9.78 Å². The first-order valence-corrected chi connectivity index (χ1v) is 13.4. The lowest BCUT2D eigenvalue weighted by Crippen LogP contribution is -2.37. The predicted octanol–water partition coefficient (Wildman–Crippen LogP) is 4.79. The van der Waals surface area contributed by atoms with Gasteiger partial charge in [-0.2, -0.15) is 0 Å². The van der Waals surface area contributed by atoms with Crippen molar-refractivity contribution < 1.29 is 9.90 Å². The average molecular weight is 517 g/mol. The number of fused-ring (bicyclic) bond motifs is 1. The van der Waals surface area contributed by atoms with Gasteiger partial charge in [0.2, 0.25) is 5.91 Å². The first-order chi connectivity index (χ1) is 17.9. The van der Waals surface area contributed by atoms with Crippen LogP contribution in [0.4, 0.5) is 5.69 Å². The molecule has 1 amide bonds. The van der Waals surface area contributed by atoms with Crippen LogP contribution in [0.25, 0.3) is 15.8 Å². The summed E-state index contributed by atoms with van der Waals surface area (Å²) in [6, 6.07) is 11.4. The Hall–Kier alpha value is -3.85. The minimum Gasteiger partial charge on any atom is -0.506 e. The number of hydrogen-bond acceptors (Lipinski definition) is 8. The largest absolute Gasteiger partial charge is 0.506 e. The van der Waals surface area contributed by atoms with E-state index in [1.807, 2.05) is 44.4 Å². The van der Waals surface area contributed by atoms with Crippen LogP contribution in [0, 0.1) is 18.8 Å². The second kappa shape index (κ2) is 10.6. The second-order valence-corrected chi connectivity index (χ2v) is 10.7. The van der Waals surface area contributed by atoms with Crippen LogP contribution in [0.15, 0.2) is 65.7 Å². The Morgan fingerprint density at radius 2 is 2.03 bits per heavy atom. The van der Waals surface area contributed by atoms with Crippen molar-refractivity contribution in [2.75, 3.05) is 18.9 Å². The molecule has 0 saturated heterocycles. The zero-order chi connectivity index (χ0) is 25.9. The number of nitrogens with zero attached hydrogens (tertiary/aromatic N) is 3. The van der Waals surface area contributed by atoms with Gasteiger partial charge in [-0.1, -0.05) is 12.1 Å². The first-order valence-electron chi connectivity index (χ1n) is 12.6. The molecule has 1 aliphatic carbocycles. The molecule has 0 unspecified atom stereocenters. The van der Waals surface area contributed by atoms with Gasteiger partial charge in [0.05, 0.1) is 27.2 Å². The van der Waals surface area contributed by atoms with E-state index in [0.29, 0.717) is 11.8 Å². The third-order valence-corrected chi connectivity index (χ3v) is 8.29. The summed E-state index contributed by atoms with van der Waals surface area (Å²) >= 11 is 1.52. The molecule has 3 heterocycles. The Morgan fingerprint density at radius 1 is 1.22 bits per heavy atom. The van der Waals surface area contributed by atoms with Gasteiger partial charge in [0.15, 0.2) is 0 Å². The number of nitrogens with two attached hydrogens (primary N) is 1. The molecule has 0 spiro atoms.